The number of hydrogen-bond donors (Lipinski definition) is 0. The molecule has 0 aliphatic carbocycles. The van der Waals surface area contributed by atoms with Crippen molar-refractivity contribution in [1.29, 1.82) is 0 Å². The molecule has 26 heavy (non-hydrogen) atoms. The first-order valence-corrected chi connectivity index (χ1v) is 8.41. The van der Waals surface area contributed by atoms with Crippen LogP contribution in [-0.2, 0) is 17.0 Å². The molecule has 0 fully saturated rings. The van der Waals surface area contributed by atoms with Crippen LogP contribution in [0.3, 0.4) is 0 Å². The molecule has 0 N–H and O–H groups in total. The zero-order valence-electron chi connectivity index (χ0n) is 14.2. The van der Waals surface area contributed by atoms with E-state index in [1.807, 2.05) is 42.5 Å². The molecule has 126 valence electrons. The molecular weight excluding hydrogens is 359 g/mol. The van der Waals surface area contributed by atoms with E-state index in [1.165, 1.54) is 11.1 Å². The van der Waals surface area contributed by atoms with Crippen LogP contribution in [0.1, 0.15) is 11.1 Å². The van der Waals surface area contributed by atoms with Crippen LogP contribution in [-0.4, -0.2) is 12.6 Å². The summed E-state index contributed by atoms with van der Waals surface area (Å²) >= 11 is 0. The van der Waals surface area contributed by atoms with Crippen molar-refractivity contribution in [3.05, 3.63) is 96.1 Å². The average molecular weight is 374 g/mol. The topological polar surface area (TPSA) is 75.9 Å². The SMILES string of the molecule is O=S(=O)=O.[Na+].[c-]1cccc(N=Nc2ccc(Cc3ccccc3)cc2)c1. The van der Waals surface area contributed by atoms with Crippen molar-refractivity contribution in [1.82, 2.24) is 0 Å². The van der Waals surface area contributed by atoms with Crippen molar-refractivity contribution >= 4 is 22.0 Å². The molecule has 0 heterocycles. The van der Waals surface area contributed by atoms with Gasteiger partial charge >= 0.3 is 40.2 Å². The molecule has 5 nitrogen and oxygen atoms in total. The summed E-state index contributed by atoms with van der Waals surface area (Å²) < 4.78 is 25.3. The minimum Gasteiger partial charge on any atom is -0.218 e. The van der Waals surface area contributed by atoms with Crippen LogP contribution in [0.4, 0.5) is 11.4 Å². The Morgan fingerprint density at radius 2 is 1.31 bits per heavy atom. The predicted octanol–water partition coefficient (Wildman–Crippen LogP) is 1.49. The fourth-order valence-electron chi connectivity index (χ4n) is 2.07. The summed E-state index contributed by atoms with van der Waals surface area (Å²) in [6, 6.07) is 29.1. The molecule has 0 radical (unpaired) electrons. The van der Waals surface area contributed by atoms with Crippen molar-refractivity contribution in [3.8, 4) is 0 Å². The number of rotatable bonds is 4. The van der Waals surface area contributed by atoms with E-state index in [0.29, 0.717) is 0 Å². The van der Waals surface area contributed by atoms with E-state index in [1.54, 1.807) is 0 Å². The number of benzene rings is 3. The van der Waals surface area contributed by atoms with Gasteiger partial charge in [0.15, 0.2) is 0 Å². The van der Waals surface area contributed by atoms with E-state index < -0.39 is 10.6 Å². The molecule has 0 aromatic heterocycles. The summed E-state index contributed by atoms with van der Waals surface area (Å²) in [7, 11) is -3.11. The Morgan fingerprint density at radius 3 is 1.88 bits per heavy atom. The molecule has 0 aliphatic heterocycles. The summed E-state index contributed by atoms with van der Waals surface area (Å²) in [5.41, 5.74) is 4.25. The van der Waals surface area contributed by atoms with Crippen molar-refractivity contribution in [3.63, 3.8) is 0 Å². The Labute approximate surface area is 176 Å². The maximum absolute atomic E-state index is 8.44. The average Bonchev–Trinajstić information content (AvgIpc) is 2.62. The van der Waals surface area contributed by atoms with Crippen LogP contribution in [0.25, 0.3) is 0 Å². The Balaban J connectivity index is 0.000000616. The minimum atomic E-state index is -3.11. The third kappa shape index (κ3) is 8.82. The molecular formula is C19H15N2NaO3S. The van der Waals surface area contributed by atoms with Crippen molar-refractivity contribution < 1.29 is 42.2 Å². The van der Waals surface area contributed by atoms with E-state index in [2.05, 4.69) is 52.7 Å². The first-order chi connectivity index (χ1) is 12.1. The third-order valence-electron chi connectivity index (χ3n) is 3.16. The zero-order chi connectivity index (χ0) is 17.9. The summed E-state index contributed by atoms with van der Waals surface area (Å²) in [6.07, 6.45) is 0.936. The Hall–Kier alpha value is -2.12. The molecule has 3 rings (SSSR count). The van der Waals surface area contributed by atoms with Gasteiger partial charge in [0.25, 0.3) is 0 Å². The molecule has 3 aromatic carbocycles. The maximum Gasteiger partial charge on any atom is 1.00 e. The van der Waals surface area contributed by atoms with Gasteiger partial charge in [-0.15, -0.1) is 18.7 Å². The molecule has 0 saturated heterocycles. The van der Waals surface area contributed by atoms with E-state index in [9.17, 15) is 0 Å². The van der Waals surface area contributed by atoms with Crippen LogP contribution in [0.5, 0.6) is 0 Å². The smallest absolute Gasteiger partial charge is 0.218 e. The fraction of sp³-hybridized carbons (Fsp3) is 0.0526. The largest absolute Gasteiger partial charge is 1.00 e. The van der Waals surface area contributed by atoms with E-state index >= 15 is 0 Å². The molecule has 0 unspecified atom stereocenters. The van der Waals surface area contributed by atoms with Crippen molar-refractivity contribution in [2.24, 2.45) is 10.2 Å². The molecule has 3 aromatic rings. The summed E-state index contributed by atoms with van der Waals surface area (Å²) in [5.74, 6) is 0. The minimum absolute atomic E-state index is 0. The van der Waals surface area contributed by atoms with Crippen LogP contribution in [0, 0.1) is 6.07 Å². The Bertz CT molecular complexity index is 908. The quantitative estimate of drug-likeness (QED) is 0.394. The molecule has 0 amide bonds. The molecule has 0 aliphatic rings. The van der Waals surface area contributed by atoms with Gasteiger partial charge < -0.3 is 0 Å². The molecule has 0 atom stereocenters. The van der Waals surface area contributed by atoms with Gasteiger partial charge in [-0.25, -0.2) is 5.11 Å². The second kappa shape index (κ2) is 12.3. The van der Waals surface area contributed by atoms with Gasteiger partial charge in [0.05, 0.1) is 5.69 Å². The Morgan fingerprint density at radius 1 is 0.731 bits per heavy atom. The molecule has 0 spiro atoms. The molecule has 0 bridgehead atoms. The first-order valence-electron chi connectivity index (χ1n) is 7.41. The normalized spacial score (nSPS) is 9.69. The summed E-state index contributed by atoms with van der Waals surface area (Å²) in [5, 5.41) is 8.41. The second-order valence-corrected chi connectivity index (χ2v) is 5.40. The van der Waals surface area contributed by atoms with Gasteiger partial charge in [0.1, 0.15) is 0 Å². The van der Waals surface area contributed by atoms with Crippen LogP contribution < -0.4 is 29.6 Å². The predicted molar refractivity (Wildman–Crippen MR) is 94.8 cm³/mol. The van der Waals surface area contributed by atoms with Gasteiger partial charge in [0.2, 0.25) is 0 Å². The number of azo groups is 1. The molecule has 7 heteroatoms. The van der Waals surface area contributed by atoms with Crippen molar-refractivity contribution in [2.45, 2.75) is 6.42 Å². The number of nitrogens with zero attached hydrogens (tertiary/aromatic N) is 2. The summed E-state index contributed by atoms with van der Waals surface area (Å²) in [6.45, 7) is 0. The monoisotopic (exact) mass is 374 g/mol. The fourth-order valence-corrected chi connectivity index (χ4v) is 2.07. The van der Waals surface area contributed by atoms with E-state index in [4.69, 9.17) is 12.6 Å². The Kier molecular flexibility index (Phi) is 10.3. The van der Waals surface area contributed by atoms with Gasteiger partial charge in [-0.3, -0.25) is 0 Å². The van der Waals surface area contributed by atoms with Crippen LogP contribution in [0.2, 0.25) is 0 Å². The van der Waals surface area contributed by atoms with E-state index in [-0.39, 0.29) is 29.6 Å². The van der Waals surface area contributed by atoms with E-state index in [0.717, 1.165) is 17.8 Å². The van der Waals surface area contributed by atoms with Gasteiger partial charge in [0, 0.05) is 0 Å². The molecule has 0 saturated carbocycles. The van der Waals surface area contributed by atoms with Gasteiger partial charge in [-0.2, -0.15) is 29.4 Å². The zero-order valence-corrected chi connectivity index (χ0v) is 17.1. The van der Waals surface area contributed by atoms with Crippen LogP contribution >= 0.6 is 0 Å². The third-order valence-corrected chi connectivity index (χ3v) is 3.16. The second-order valence-electron chi connectivity index (χ2n) is 4.99. The van der Waals surface area contributed by atoms with Crippen molar-refractivity contribution in [2.75, 3.05) is 0 Å². The summed E-state index contributed by atoms with van der Waals surface area (Å²) in [4.78, 5) is 0. The number of hydrogen-bond acceptors (Lipinski definition) is 5. The first kappa shape index (κ1) is 21.9. The standard InChI is InChI=1S/C19H15N2.Na.O3S/c1-3-7-16(8-4-1)15-17-11-13-19(14-12-17)21-20-18-9-5-2-6-10-18;;1-4(2)3/h1-5,7-14H,15H2;;/q-1;+1;. The van der Waals surface area contributed by atoms with Crippen LogP contribution in [0.15, 0.2) is 89.1 Å². The van der Waals surface area contributed by atoms with Gasteiger partial charge in [-0.05, 0) is 35.4 Å². The van der Waals surface area contributed by atoms with Gasteiger partial charge in [-0.1, -0.05) is 42.5 Å². The maximum atomic E-state index is 8.44.